The summed E-state index contributed by atoms with van der Waals surface area (Å²) in [4.78, 5) is 15.7. The molecule has 1 amide bonds. The highest BCUT2D eigenvalue weighted by atomic mass is 35.5. The summed E-state index contributed by atoms with van der Waals surface area (Å²) < 4.78 is 4.84. The van der Waals surface area contributed by atoms with Crippen LogP contribution >= 0.6 is 11.6 Å². The quantitative estimate of drug-likeness (QED) is 0.754. The van der Waals surface area contributed by atoms with Crippen LogP contribution in [0.5, 0.6) is 0 Å². The highest BCUT2D eigenvalue weighted by molar-refractivity contribution is 6.30. The lowest BCUT2D eigenvalue weighted by atomic mass is 10.3. The number of halogens is 1. The Labute approximate surface area is 106 Å². The highest BCUT2D eigenvalue weighted by Crippen LogP contribution is 2.10. The van der Waals surface area contributed by atoms with Gasteiger partial charge in [0.05, 0.1) is 11.6 Å². The molecule has 0 aliphatic rings. The first-order valence-electron chi connectivity index (χ1n) is 5.28. The predicted molar refractivity (Wildman–Crippen MR) is 67.2 cm³/mol. The minimum Gasteiger partial charge on any atom is -0.383 e. The van der Waals surface area contributed by atoms with Crippen LogP contribution in [0.15, 0.2) is 18.3 Å². The van der Waals surface area contributed by atoms with Gasteiger partial charge in [-0.05, 0) is 19.1 Å². The molecule has 1 aromatic rings. The summed E-state index contributed by atoms with van der Waals surface area (Å²) >= 11 is 5.71. The number of hydrogen-bond donors (Lipinski definition) is 2. The van der Waals surface area contributed by atoms with Gasteiger partial charge in [0.15, 0.2) is 0 Å². The number of pyridine rings is 1. The van der Waals surface area contributed by atoms with E-state index >= 15 is 0 Å². The van der Waals surface area contributed by atoms with E-state index in [-0.39, 0.29) is 11.9 Å². The van der Waals surface area contributed by atoms with E-state index in [0.717, 1.165) is 0 Å². The van der Waals surface area contributed by atoms with Crippen LogP contribution in [-0.4, -0.2) is 37.2 Å². The summed E-state index contributed by atoms with van der Waals surface area (Å²) in [5, 5.41) is 6.27. The fourth-order valence-electron chi connectivity index (χ4n) is 1.18. The van der Waals surface area contributed by atoms with Crippen molar-refractivity contribution in [1.29, 1.82) is 0 Å². The molecule has 2 N–H and O–H groups in total. The van der Waals surface area contributed by atoms with Gasteiger partial charge in [-0.1, -0.05) is 11.6 Å². The Hall–Kier alpha value is -1.33. The van der Waals surface area contributed by atoms with E-state index in [4.69, 9.17) is 16.3 Å². The van der Waals surface area contributed by atoms with Gasteiger partial charge in [-0.15, -0.1) is 0 Å². The van der Waals surface area contributed by atoms with Crippen LogP contribution in [0.1, 0.15) is 6.92 Å². The molecule has 5 nitrogen and oxygen atoms in total. The maximum Gasteiger partial charge on any atom is 0.242 e. The van der Waals surface area contributed by atoms with Gasteiger partial charge >= 0.3 is 0 Å². The topological polar surface area (TPSA) is 63.2 Å². The van der Waals surface area contributed by atoms with E-state index in [1.165, 1.54) is 6.20 Å². The summed E-state index contributed by atoms with van der Waals surface area (Å²) in [6.45, 7) is 2.76. The number of aromatic nitrogens is 1. The molecule has 0 spiro atoms. The largest absolute Gasteiger partial charge is 0.383 e. The fourth-order valence-corrected chi connectivity index (χ4v) is 1.29. The summed E-state index contributed by atoms with van der Waals surface area (Å²) in [7, 11) is 1.59. The average molecular weight is 258 g/mol. The van der Waals surface area contributed by atoms with Crippen molar-refractivity contribution in [3.8, 4) is 0 Å². The van der Waals surface area contributed by atoms with Gasteiger partial charge in [-0.25, -0.2) is 4.98 Å². The Kier molecular flexibility index (Phi) is 5.72. The fraction of sp³-hybridized carbons (Fsp3) is 0.455. The first-order chi connectivity index (χ1) is 8.13. The first-order valence-corrected chi connectivity index (χ1v) is 5.66. The lowest BCUT2D eigenvalue weighted by Gasteiger charge is -2.14. The molecule has 0 saturated carbocycles. The first kappa shape index (κ1) is 13.7. The van der Waals surface area contributed by atoms with Crippen LogP contribution in [0.2, 0.25) is 5.02 Å². The lowest BCUT2D eigenvalue weighted by molar-refractivity contribution is -0.121. The number of anilines is 1. The normalized spacial score (nSPS) is 11.9. The van der Waals surface area contributed by atoms with Gasteiger partial charge in [0.2, 0.25) is 5.91 Å². The lowest BCUT2D eigenvalue weighted by Crippen LogP contribution is -2.39. The number of amides is 1. The Balaban J connectivity index is 2.40. The van der Waals surface area contributed by atoms with E-state index in [0.29, 0.717) is 24.0 Å². The zero-order valence-electron chi connectivity index (χ0n) is 9.87. The predicted octanol–water partition coefficient (Wildman–Crippen LogP) is 1.30. The molecule has 0 aliphatic heterocycles. The molecule has 94 valence electrons. The molecule has 1 heterocycles. The number of hydrogen-bond acceptors (Lipinski definition) is 4. The molecule has 0 radical (unpaired) electrons. The van der Waals surface area contributed by atoms with Crippen molar-refractivity contribution in [2.75, 3.05) is 25.6 Å². The minimum atomic E-state index is -0.361. The van der Waals surface area contributed by atoms with Crippen LogP contribution in [0, 0.1) is 0 Å². The number of carbonyl (C=O) groups excluding carboxylic acids is 1. The van der Waals surface area contributed by atoms with Crippen molar-refractivity contribution in [2.45, 2.75) is 13.0 Å². The zero-order chi connectivity index (χ0) is 12.7. The molecule has 17 heavy (non-hydrogen) atoms. The van der Waals surface area contributed by atoms with Crippen LogP contribution in [-0.2, 0) is 9.53 Å². The summed E-state index contributed by atoms with van der Waals surface area (Å²) in [5.41, 5.74) is 0. The van der Waals surface area contributed by atoms with Crippen molar-refractivity contribution in [2.24, 2.45) is 0 Å². The van der Waals surface area contributed by atoms with Gasteiger partial charge in [-0.3, -0.25) is 4.79 Å². The summed E-state index contributed by atoms with van der Waals surface area (Å²) in [5.74, 6) is 0.516. The molecule has 0 fully saturated rings. The summed E-state index contributed by atoms with van der Waals surface area (Å²) in [6.07, 6.45) is 1.53. The van der Waals surface area contributed by atoms with E-state index < -0.39 is 0 Å². The van der Waals surface area contributed by atoms with Crippen LogP contribution in [0.3, 0.4) is 0 Å². The average Bonchev–Trinajstić information content (AvgIpc) is 2.32. The summed E-state index contributed by atoms with van der Waals surface area (Å²) in [6, 6.07) is 3.08. The molecule has 0 bridgehead atoms. The molecule has 1 aromatic heterocycles. The molecular formula is C11H16ClN3O2. The maximum absolute atomic E-state index is 11.6. The second-order valence-electron chi connectivity index (χ2n) is 3.51. The maximum atomic E-state index is 11.6. The number of methoxy groups -OCH3 is 1. The standard InChI is InChI=1S/C11H16ClN3O2/c1-8(11(16)13-5-6-17-2)15-10-4-3-9(12)7-14-10/h3-4,7-8H,5-6H2,1-2H3,(H,13,16)(H,14,15). The van der Waals surface area contributed by atoms with E-state index in [1.54, 1.807) is 26.2 Å². The van der Waals surface area contributed by atoms with Crippen molar-refractivity contribution < 1.29 is 9.53 Å². The van der Waals surface area contributed by atoms with Crippen LogP contribution in [0.4, 0.5) is 5.82 Å². The molecule has 0 saturated heterocycles. The van der Waals surface area contributed by atoms with Gasteiger partial charge in [0.25, 0.3) is 0 Å². The van der Waals surface area contributed by atoms with E-state index in [1.807, 2.05) is 0 Å². The number of ether oxygens (including phenoxy) is 1. The SMILES string of the molecule is COCCNC(=O)C(C)Nc1ccc(Cl)cn1. The molecular weight excluding hydrogens is 242 g/mol. The minimum absolute atomic E-state index is 0.0983. The third-order valence-electron chi connectivity index (χ3n) is 2.09. The van der Waals surface area contributed by atoms with Gasteiger partial charge in [0.1, 0.15) is 11.9 Å². The second-order valence-corrected chi connectivity index (χ2v) is 3.95. The van der Waals surface area contributed by atoms with Crippen LogP contribution in [0.25, 0.3) is 0 Å². The highest BCUT2D eigenvalue weighted by Gasteiger charge is 2.11. The van der Waals surface area contributed by atoms with Crippen molar-refractivity contribution in [3.63, 3.8) is 0 Å². The van der Waals surface area contributed by atoms with Crippen molar-refractivity contribution >= 4 is 23.3 Å². The van der Waals surface area contributed by atoms with E-state index in [9.17, 15) is 4.79 Å². The van der Waals surface area contributed by atoms with E-state index in [2.05, 4.69) is 15.6 Å². The van der Waals surface area contributed by atoms with Gasteiger partial charge in [0, 0.05) is 19.9 Å². The molecule has 1 unspecified atom stereocenters. The number of nitrogens with zero attached hydrogens (tertiary/aromatic N) is 1. The second kappa shape index (κ2) is 7.09. The zero-order valence-corrected chi connectivity index (χ0v) is 10.6. The number of carbonyl (C=O) groups is 1. The molecule has 1 atom stereocenters. The number of nitrogens with one attached hydrogen (secondary N) is 2. The smallest absolute Gasteiger partial charge is 0.242 e. The number of rotatable bonds is 6. The molecule has 0 aromatic carbocycles. The Bertz CT molecular complexity index is 356. The Morgan fingerprint density at radius 1 is 1.59 bits per heavy atom. The van der Waals surface area contributed by atoms with Crippen molar-refractivity contribution in [1.82, 2.24) is 10.3 Å². The Morgan fingerprint density at radius 2 is 2.35 bits per heavy atom. The third kappa shape index (κ3) is 5.01. The monoisotopic (exact) mass is 257 g/mol. The molecule has 1 rings (SSSR count). The van der Waals surface area contributed by atoms with Crippen molar-refractivity contribution in [3.05, 3.63) is 23.4 Å². The Morgan fingerprint density at radius 3 is 2.94 bits per heavy atom. The molecule has 0 aliphatic carbocycles. The van der Waals surface area contributed by atoms with Crippen LogP contribution < -0.4 is 10.6 Å². The molecule has 6 heteroatoms. The van der Waals surface area contributed by atoms with Gasteiger partial charge < -0.3 is 15.4 Å². The third-order valence-corrected chi connectivity index (χ3v) is 2.31. The van der Waals surface area contributed by atoms with Gasteiger partial charge in [-0.2, -0.15) is 0 Å².